The fourth-order valence-electron chi connectivity index (χ4n) is 2.19. The maximum atomic E-state index is 5.63. The van der Waals surface area contributed by atoms with Gasteiger partial charge >= 0.3 is 0 Å². The lowest BCUT2D eigenvalue weighted by molar-refractivity contribution is 0.462. The molecule has 0 spiro atoms. The highest BCUT2D eigenvalue weighted by Crippen LogP contribution is 2.34. The van der Waals surface area contributed by atoms with Gasteiger partial charge in [-0.3, -0.25) is 11.3 Å². The quantitative estimate of drug-likeness (QED) is 0.569. The van der Waals surface area contributed by atoms with Crippen molar-refractivity contribution in [3.05, 3.63) is 35.4 Å². The fraction of sp³-hybridized carbons (Fsp3) is 0.571. The molecular formula is C14H22N2. The molecule has 0 saturated heterocycles. The molecule has 2 nitrogen and oxygen atoms in total. The normalized spacial score (nSPS) is 17.4. The van der Waals surface area contributed by atoms with E-state index in [2.05, 4.69) is 36.6 Å². The van der Waals surface area contributed by atoms with Gasteiger partial charge in [0.15, 0.2) is 0 Å². The summed E-state index contributed by atoms with van der Waals surface area (Å²) in [4.78, 5) is 0. The summed E-state index contributed by atoms with van der Waals surface area (Å²) in [6.45, 7) is 2.17. The lowest BCUT2D eigenvalue weighted by Crippen LogP contribution is -2.37. The van der Waals surface area contributed by atoms with Crippen LogP contribution in [0.1, 0.15) is 36.8 Å². The molecule has 0 aromatic heterocycles. The zero-order valence-electron chi connectivity index (χ0n) is 10.1. The van der Waals surface area contributed by atoms with Crippen LogP contribution in [0.5, 0.6) is 0 Å². The van der Waals surface area contributed by atoms with Crippen LogP contribution < -0.4 is 11.3 Å². The van der Waals surface area contributed by atoms with Crippen LogP contribution in [0.4, 0.5) is 0 Å². The lowest BCUT2D eigenvalue weighted by atomic mass is 9.98. The second-order valence-electron chi connectivity index (χ2n) is 5.01. The van der Waals surface area contributed by atoms with Gasteiger partial charge in [-0.2, -0.15) is 0 Å². The van der Waals surface area contributed by atoms with Crippen LogP contribution in [0.25, 0.3) is 0 Å². The van der Waals surface area contributed by atoms with E-state index in [0.717, 1.165) is 12.3 Å². The first kappa shape index (κ1) is 11.6. The van der Waals surface area contributed by atoms with Gasteiger partial charge in [-0.1, -0.05) is 37.1 Å². The van der Waals surface area contributed by atoms with Gasteiger partial charge in [0.1, 0.15) is 0 Å². The first-order valence-electron chi connectivity index (χ1n) is 6.30. The van der Waals surface area contributed by atoms with Crippen molar-refractivity contribution in [2.75, 3.05) is 0 Å². The molecular weight excluding hydrogens is 196 g/mol. The highest BCUT2D eigenvalue weighted by Gasteiger charge is 2.22. The standard InChI is InChI=1S/C14H22N2/c1-11-4-2-3-5-13(11)10-14(16-15)9-8-12-6-7-12/h2-5,12,14,16H,6-10,15H2,1H3. The first-order valence-corrected chi connectivity index (χ1v) is 6.30. The summed E-state index contributed by atoms with van der Waals surface area (Å²) in [5.41, 5.74) is 5.75. The number of benzene rings is 1. The van der Waals surface area contributed by atoms with E-state index in [1.165, 1.54) is 36.8 Å². The maximum absolute atomic E-state index is 5.63. The topological polar surface area (TPSA) is 38.0 Å². The average molecular weight is 218 g/mol. The molecule has 1 atom stereocenters. The van der Waals surface area contributed by atoms with Crippen molar-refractivity contribution in [3.8, 4) is 0 Å². The summed E-state index contributed by atoms with van der Waals surface area (Å²) in [7, 11) is 0. The Bertz CT molecular complexity index is 331. The number of hydrogen-bond acceptors (Lipinski definition) is 2. The van der Waals surface area contributed by atoms with Crippen LogP contribution in [0, 0.1) is 12.8 Å². The Kier molecular flexibility index (Phi) is 3.97. The molecule has 2 rings (SSSR count). The Morgan fingerprint density at radius 3 is 2.75 bits per heavy atom. The van der Waals surface area contributed by atoms with Crippen molar-refractivity contribution in [1.29, 1.82) is 0 Å². The molecule has 88 valence electrons. The first-order chi connectivity index (χ1) is 7.79. The molecule has 0 amide bonds. The highest BCUT2D eigenvalue weighted by molar-refractivity contribution is 5.26. The van der Waals surface area contributed by atoms with Gasteiger partial charge in [-0.05, 0) is 43.2 Å². The molecule has 0 bridgehead atoms. The van der Waals surface area contributed by atoms with Crippen LogP contribution in [0.15, 0.2) is 24.3 Å². The Morgan fingerprint density at radius 1 is 1.38 bits per heavy atom. The second-order valence-corrected chi connectivity index (χ2v) is 5.01. The SMILES string of the molecule is Cc1ccccc1CC(CCC1CC1)NN. The molecule has 1 saturated carbocycles. The van der Waals surface area contributed by atoms with E-state index in [4.69, 9.17) is 5.84 Å². The molecule has 2 heteroatoms. The van der Waals surface area contributed by atoms with Crippen molar-refractivity contribution < 1.29 is 0 Å². The van der Waals surface area contributed by atoms with E-state index < -0.39 is 0 Å². The summed E-state index contributed by atoms with van der Waals surface area (Å²) < 4.78 is 0. The highest BCUT2D eigenvalue weighted by atomic mass is 15.2. The molecule has 1 aromatic carbocycles. The lowest BCUT2D eigenvalue weighted by Gasteiger charge is -2.16. The van der Waals surface area contributed by atoms with Crippen LogP contribution in [-0.2, 0) is 6.42 Å². The number of aryl methyl sites for hydroxylation is 1. The van der Waals surface area contributed by atoms with E-state index >= 15 is 0 Å². The Labute approximate surface area is 98.2 Å². The van der Waals surface area contributed by atoms with Gasteiger partial charge < -0.3 is 0 Å². The minimum atomic E-state index is 0.432. The zero-order chi connectivity index (χ0) is 11.4. The van der Waals surface area contributed by atoms with Crippen LogP contribution in [0.3, 0.4) is 0 Å². The fourth-order valence-corrected chi connectivity index (χ4v) is 2.19. The molecule has 16 heavy (non-hydrogen) atoms. The van der Waals surface area contributed by atoms with Crippen molar-refractivity contribution in [2.45, 2.75) is 45.1 Å². The van der Waals surface area contributed by atoms with Crippen molar-refractivity contribution in [1.82, 2.24) is 5.43 Å². The molecule has 1 unspecified atom stereocenters. The summed E-state index contributed by atoms with van der Waals surface area (Å²) >= 11 is 0. The monoisotopic (exact) mass is 218 g/mol. The third kappa shape index (κ3) is 3.32. The predicted octanol–water partition coefficient (Wildman–Crippen LogP) is 2.56. The zero-order valence-corrected chi connectivity index (χ0v) is 10.1. The largest absolute Gasteiger partial charge is 0.271 e. The van der Waals surface area contributed by atoms with E-state index in [1.807, 2.05) is 0 Å². The van der Waals surface area contributed by atoms with Gasteiger partial charge in [-0.25, -0.2) is 0 Å². The second kappa shape index (κ2) is 5.46. The summed E-state index contributed by atoms with van der Waals surface area (Å²) in [5, 5.41) is 0. The van der Waals surface area contributed by atoms with Gasteiger partial charge in [-0.15, -0.1) is 0 Å². The minimum Gasteiger partial charge on any atom is -0.271 e. The third-order valence-corrected chi connectivity index (χ3v) is 3.58. The number of nitrogens with one attached hydrogen (secondary N) is 1. The molecule has 0 heterocycles. The molecule has 1 fully saturated rings. The van der Waals surface area contributed by atoms with Crippen LogP contribution in [0.2, 0.25) is 0 Å². The maximum Gasteiger partial charge on any atom is 0.0251 e. The number of hydrazine groups is 1. The van der Waals surface area contributed by atoms with Gasteiger partial charge in [0.2, 0.25) is 0 Å². The average Bonchev–Trinajstić information content (AvgIpc) is 3.10. The Hall–Kier alpha value is -0.860. The summed E-state index contributed by atoms with van der Waals surface area (Å²) in [6.07, 6.45) is 6.45. The molecule has 1 aromatic rings. The van der Waals surface area contributed by atoms with E-state index in [-0.39, 0.29) is 0 Å². The smallest absolute Gasteiger partial charge is 0.0251 e. The molecule has 3 N–H and O–H groups in total. The summed E-state index contributed by atoms with van der Waals surface area (Å²) in [6, 6.07) is 9.01. The Balaban J connectivity index is 1.87. The van der Waals surface area contributed by atoms with Gasteiger partial charge in [0.05, 0.1) is 0 Å². The van der Waals surface area contributed by atoms with Crippen molar-refractivity contribution >= 4 is 0 Å². The van der Waals surface area contributed by atoms with E-state index in [9.17, 15) is 0 Å². The number of nitrogens with two attached hydrogens (primary N) is 1. The van der Waals surface area contributed by atoms with E-state index in [0.29, 0.717) is 6.04 Å². The molecule has 0 aliphatic heterocycles. The van der Waals surface area contributed by atoms with Crippen LogP contribution in [-0.4, -0.2) is 6.04 Å². The minimum absolute atomic E-state index is 0.432. The van der Waals surface area contributed by atoms with Gasteiger partial charge in [0.25, 0.3) is 0 Å². The summed E-state index contributed by atoms with van der Waals surface area (Å²) in [5.74, 6) is 6.62. The Morgan fingerprint density at radius 2 is 2.12 bits per heavy atom. The molecule has 1 aliphatic rings. The number of hydrogen-bond donors (Lipinski definition) is 2. The van der Waals surface area contributed by atoms with Crippen molar-refractivity contribution in [3.63, 3.8) is 0 Å². The number of rotatable bonds is 6. The molecule has 1 aliphatic carbocycles. The van der Waals surface area contributed by atoms with Gasteiger partial charge in [0, 0.05) is 6.04 Å². The predicted molar refractivity (Wildman–Crippen MR) is 68.0 cm³/mol. The third-order valence-electron chi connectivity index (χ3n) is 3.58. The van der Waals surface area contributed by atoms with E-state index in [1.54, 1.807) is 0 Å². The molecule has 0 radical (unpaired) electrons. The van der Waals surface area contributed by atoms with Crippen LogP contribution >= 0.6 is 0 Å². The van der Waals surface area contributed by atoms with Crippen molar-refractivity contribution in [2.24, 2.45) is 11.8 Å².